The molecule has 7 nitrogen and oxygen atoms in total. The molecule has 25 heavy (non-hydrogen) atoms. The summed E-state index contributed by atoms with van der Waals surface area (Å²) in [6.45, 7) is 3.41. The molecule has 1 aromatic rings. The average molecular weight is 346 g/mol. The van der Waals surface area contributed by atoms with Crippen LogP contribution < -0.4 is 4.90 Å². The largest absolute Gasteiger partial charge is 0.481 e. The summed E-state index contributed by atoms with van der Waals surface area (Å²) >= 11 is 0. The number of ether oxygens (including phenoxy) is 1. The lowest BCUT2D eigenvalue weighted by atomic mass is 10.1. The molecule has 0 spiro atoms. The number of morpholine rings is 1. The maximum absolute atomic E-state index is 12.7. The zero-order chi connectivity index (χ0) is 18.0. The molecule has 0 radical (unpaired) electrons. The van der Waals surface area contributed by atoms with E-state index in [0.717, 1.165) is 11.3 Å². The second-order valence-electron chi connectivity index (χ2n) is 6.54. The summed E-state index contributed by atoms with van der Waals surface area (Å²) in [7, 11) is 0. The van der Waals surface area contributed by atoms with Crippen LogP contribution in [0, 0.1) is 12.8 Å². The average Bonchev–Trinajstić information content (AvgIpc) is 2.96. The van der Waals surface area contributed by atoms with Gasteiger partial charge in [-0.2, -0.15) is 0 Å². The van der Waals surface area contributed by atoms with E-state index in [1.54, 1.807) is 9.80 Å². The van der Waals surface area contributed by atoms with E-state index in [1.807, 2.05) is 31.2 Å². The maximum Gasteiger partial charge on any atom is 0.306 e. The standard InChI is InChI=1S/C18H22N2O5/c1-12-2-4-13(5-3-12)20-7-6-15(18(20)24)17(23)19-8-9-25-14(11-19)10-16(21)22/h2-5,14-15H,6-11H2,1H3,(H,21,22)/t14-,15-/m1/s1. The van der Waals surface area contributed by atoms with Gasteiger partial charge in [0.1, 0.15) is 5.92 Å². The van der Waals surface area contributed by atoms with Gasteiger partial charge in [-0.3, -0.25) is 14.4 Å². The molecule has 2 amide bonds. The highest BCUT2D eigenvalue weighted by Gasteiger charge is 2.40. The van der Waals surface area contributed by atoms with Crippen molar-refractivity contribution in [2.45, 2.75) is 25.9 Å². The first-order valence-electron chi connectivity index (χ1n) is 8.46. The third-order valence-electron chi connectivity index (χ3n) is 4.70. The lowest BCUT2D eigenvalue weighted by Gasteiger charge is -2.33. The SMILES string of the molecule is Cc1ccc(N2CC[C@H](C(=O)N3CCO[C@H](CC(=O)O)C3)C2=O)cc1. The Bertz CT molecular complexity index is 673. The van der Waals surface area contributed by atoms with Gasteiger partial charge in [-0.1, -0.05) is 17.7 Å². The van der Waals surface area contributed by atoms with E-state index in [9.17, 15) is 14.4 Å². The molecule has 2 aliphatic heterocycles. The van der Waals surface area contributed by atoms with Gasteiger partial charge in [-0.25, -0.2) is 0 Å². The van der Waals surface area contributed by atoms with Crippen LogP contribution in [0.15, 0.2) is 24.3 Å². The van der Waals surface area contributed by atoms with Crippen LogP contribution in [-0.4, -0.2) is 60.1 Å². The molecule has 3 rings (SSSR count). The Balaban J connectivity index is 1.65. The highest BCUT2D eigenvalue weighted by atomic mass is 16.5. The van der Waals surface area contributed by atoms with E-state index in [-0.39, 0.29) is 24.8 Å². The van der Waals surface area contributed by atoms with Crippen molar-refractivity contribution in [3.8, 4) is 0 Å². The summed E-state index contributed by atoms with van der Waals surface area (Å²) in [6, 6.07) is 7.65. The number of hydrogen-bond donors (Lipinski definition) is 1. The Morgan fingerprint density at radius 1 is 1.24 bits per heavy atom. The first-order chi connectivity index (χ1) is 12.0. The van der Waals surface area contributed by atoms with Gasteiger partial charge in [-0.05, 0) is 25.5 Å². The smallest absolute Gasteiger partial charge is 0.306 e. The molecule has 2 aliphatic rings. The molecule has 0 aliphatic carbocycles. The van der Waals surface area contributed by atoms with Crippen molar-refractivity contribution in [3.05, 3.63) is 29.8 Å². The van der Waals surface area contributed by atoms with Crippen LogP contribution >= 0.6 is 0 Å². The number of amides is 2. The lowest BCUT2D eigenvalue weighted by Crippen LogP contribution is -2.49. The van der Waals surface area contributed by atoms with Crippen LogP contribution in [0.25, 0.3) is 0 Å². The van der Waals surface area contributed by atoms with E-state index in [1.165, 1.54) is 0 Å². The van der Waals surface area contributed by atoms with Crippen molar-refractivity contribution in [3.63, 3.8) is 0 Å². The minimum Gasteiger partial charge on any atom is -0.481 e. The van der Waals surface area contributed by atoms with E-state index in [4.69, 9.17) is 9.84 Å². The zero-order valence-electron chi connectivity index (χ0n) is 14.2. The van der Waals surface area contributed by atoms with E-state index >= 15 is 0 Å². The number of benzene rings is 1. The third-order valence-corrected chi connectivity index (χ3v) is 4.70. The van der Waals surface area contributed by atoms with Crippen LogP contribution in [0.2, 0.25) is 0 Å². The number of carboxylic acid groups (broad SMARTS) is 1. The maximum atomic E-state index is 12.7. The fourth-order valence-corrected chi connectivity index (χ4v) is 3.35. The zero-order valence-corrected chi connectivity index (χ0v) is 14.2. The van der Waals surface area contributed by atoms with E-state index in [2.05, 4.69) is 0 Å². The van der Waals surface area contributed by atoms with Crippen LogP contribution in [0.3, 0.4) is 0 Å². The summed E-state index contributed by atoms with van der Waals surface area (Å²) in [5, 5.41) is 8.88. The quantitative estimate of drug-likeness (QED) is 0.824. The van der Waals surface area contributed by atoms with Gasteiger partial charge < -0.3 is 19.6 Å². The summed E-state index contributed by atoms with van der Waals surface area (Å²) < 4.78 is 5.39. The molecule has 2 fully saturated rings. The normalized spacial score (nSPS) is 23.8. The monoisotopic (exact) mass is 346 g/mol. The molecule has 1 aromatic carbocycles. The Labute approximate surface area is 146 Å². The number of rotatable bonds is 4. The topological polar surface area (TPSA) is 87.2 Å². The van der Waals surface area contributed by atoms with Crippen LogP contribution in [0.1, 0.15) is 18.4 Å². The number of nitrogens with zero attached hydrogens (tertiary/aromatic N) is 2. The second kappa shape index (κ2) is 7.23. The molecule has 1 N–H and O–H groups in total. The summed E-state index contributed by atoms with van der Waals surface area (Å²) in [4.78, 5) is 39.5. The Hall–Kier alpha value is -2.41. The van der Waals surface area contributed by atoms with Crippen LogP contribution in [-0.2, 0) is 19.1 Å². The van der Waals surface area contributed by atoms with Crippen molar-refractivity contribution in [1.29, 1.82) is 0 Å². The van der Waals surface area contributed by atoms with Crippen molar-refractivity contribution >= 4 is 23.5 Å². The predicted octanol–water partition coefficient (Wildman–Crippen LogP) is 1.05. The second-order valence-corrected chi connectivity index (χ2v) is 6.54. The molecular formula is C18H22N2O5. The number of anilines is 1. The number of aliphatic carboxylic acids is 1. The van der Waals surface area contributed by atoms with Crippen molar-refractivity contribution in [1.82, 2.24) is 4.90 Å². The van der Waals surface area contributed by atoms with Crippen molar-refractivity contribution in [2.24, 2.45) is 5.92 Å². The molecule has 7 heteroatoms. The molecule has 0 unspecified atom stereocenters. The number of carbonyl (C=O) groups excluding carboxylic acids is 2. The van der Waals surface area contributed by atoms with Crippen LogP contribution in [0.4, 0.5) is 5.69 Å². The Kier molecular flexibility index (Phi) is 5.03. The fraction of sp³-hybridized carbons (Fsp3) is 0.500. The summed E-state index contributed by atoms with van der Waals surface area (Å²) in [5.74, 6) is -2.06. The van der Waals surface area contributed by atoms with E-state index < -0.39 is 18.0 Å². The van der Waals surface area contributed by atoms with Gasteiger partial charge in [0.05, 0.1) is 19.1 Å². The van der Waals surface area contributed by atoms with Gasteiger partial charge in [0.25, 0.3) is 0 Å². The lowest BCUT2D eigenvalue weighted by molar-refractivity contribution is -0.151. The first-order valence-corrected chi connectivity index (χ1v) is 8.46. The first kappa shape index (κ1) is 17.4. The number of carbonyl (C=O) groups is 3. The number of aryl methyl sites for hydroxylation is 1. The predicted molar refractivity (Wildman–Crippen MR) is 90.2 cm³/mol. The molecule has 2 saturated heterocycles. The molecule has 2 atom stereocenters. The Morgan fingerprint density at radius 2 is 1.96 bits per heavy atom. The molecule has 134 valence electrons. The van der Waals surface area contributed by atoms with Gasteiger partial charge in [-0.15, -0.1) is 0 Å². The molecular weight excluding hydrogens is 324 g/mol. The number of carboxylic acids is 1. The van der Waals surface area contributed by atoms with Gasteiger partial charge >= 0.3 is 5.97 Å². The summed E-state index contributed by atoms with van der Waals surface area (Å²) in [6.07, 6.45) is -0.176. The minimum atomic E-state index is -0.957. The Morgan fingerprint density at radius 3 is 2.64 bits per heavy atom. The van der Waals surface area contributed by atoms with Gasteiger partial charge in [0, 0.05) is 25.3 Å². The minimum absolute atomic E-state index is 0.141. The number of hydrogen-bond acceptors (Lipinski definition) is 4. The fourth-order valence-electron chi connectivity index (χ4n) is 3.35. The molecule has 0 saturated carbocycles. The molecule has 2 heterocycles. The highest BCUT2D eigenvalue weighted by Crippen LogP contribution is 2.27. The highest BCUT2D eigenvalue weighted by molar-refractivity contribution is 6.09. The molecule has 0 bridgehead atoms. The summed E-state index contributed by atoms with van der Waals surface area (Å²) in [5.41, 5.74) is 1.91. The van der Waals surface area contributed by atoms with Gasteiger partial charge in [0.15, 0.2) is 0 Å². The van der Waals surface area contributed by atoms with E-state index in [0.29, 0.717) is 26.1 Å². The third kappa shape index (κ3) is 3.82. The van der Waals surface area contributed by atoms with Crippen molar-refractivity contribution < 1.29 is 24.2 Å². The van der Waals surface area contributed by atoms with Crippen LogP contribution in [0.5, 0.6) is 0 Å². The van der Waals surface area contributed by atoms with Gasteiger partial charge in [0.2, 0.25) is 11.8 Å². The molecule has 0 aromatic heterocycles. The van der Waals surface area contributed by atoms with Crippen molar-refractivity contribution in [2.75, 3.05) is 31.1 Å².